The van der Waals surface area contributed by atoms with Gasteiger partial charge in [0.15, 0.2) is 9.84 Å². The summed E-state index contributed by atoms with van der Waals surface area (Å²) in [6.07, 6.45) is 3.12. The number of hydrogen-bond donors (Lipinski definition) is 3. The second kappa shape index (κ2) is 4.92. The molecule has 0 saturated heterocycles. The van der Waals surface area contributed by atoms with E-state index in [9.17, 15) is 8.42 Å². The Morgan fingerprint density at radius 1 is 1.30 bits per heavy atom. The fourth-order valence-electron chi connectivity index (χ4n) is 1.95. The molecule has 20 heavy (non-hydrogen) atoms. The van der Waals surface area contributed by atoms with Crippen molar-refractivity contribution in [2.75, 3.05) is 0 Å². The molecule has 5 N–H and O–H groups in total. The number of sulfone groups is 1. The Morgan fingerprint density at radius 2 is 1.95 bits per heavy atom. The lowest BCUT2D eigenvalue weighted by atomic mass is 10.1. The van der Waals surface area contributed by atoms with E-state index >= 15 is 0 Å². The minimum atomic E-state index is -3.47. The van der Waals surface area contributed by atoms with Crippen LogP contribution in [0.1, 0.15) is 19.4 Å². The van der Waals surface area contributed by atoms with Crippen LogP contribution in [0.25, 0.3) is 0 Å². The number of hydrogen-bond acceptors (Lipinski definition) is 6. The molecule has 0 amide bonds. The van der Waals surface area contributed by atoms with Gasteiger partial charge in [-0.15, -0.1) is 0 Å². The number of nitrogens with zero attached hydrogens (tertiary/aromatic N) is 1. The predicted octanol–water partition coefficient (Wildman–Crippen LogP) is 0.412. The molecule has 1 aliphatic heterocycles. The van der Waals surface area contributed by atoms with Gasteiger partial charge in [-0.1, -0.05) is 18.2 Å². The Bertz CT molecular complexity index is 679. The summed E-state index contributed by atoms with van der Waals surface area (Å²) in [6.45, 7) is 3.25. The first-order chi connectivity index (χ1) is 9.27. The van der Waals surface area contributed by atoms with E-state index in [1.807, 2.05) is 0 Å². The lowest BCUT2D eigenvalue weighted by Crippen LogP contribution is -2.50. The smallest absolute Gasteiger partial charge is 0.212 e. The molecule has 0 aliphatic carbocycles. The van der Waals surface area contributed by atoms with Crippen LogP contribution in [0.3, 0.4) is 0 Å². The highest BCUT2D eigenvalue weighted by atomic mass is 32.2. The van der Waals surface area contributed by atoms with Crippen LogP contribution in [-0.2, 0) is 15.6 Å². The average molecular weight is 294 g/mol. The van der Waals surface area contributed by atoms with Crippen molar-refractivity contribution >= 4 is 15.7 Å². The van der Waals surface area contributed by atoms with Crippen LogP contribution in [0, 0.1) is 0 Å². The van der Waals surface area contributed by atoms with Gasteiger partial charge < -0.3 is 11.1 Å². The maximum Gasteiger partial charge on any atom is 0.212 e. The summed E-state index contributed by atoms with van der Waals surface area (Å²) < 4.78 is 24.9. The summed E-state index contributed by atoms with van der Waals surface area (Å²) in [6, 6.07) is 6.55. The molecule has 1 atom stereocenters. The highest BCUT2D eigenvalue weighted by Crippen LogP contribution is 2.28. The fraction of sp³-hybridized carbons (Fsp3) is 0.308. The molecule has 0 aromatic heterocycles. The van der Waals surface area contributed by atoms with Crippen LogP contribution in [0.15, 0.2) is 46.4 Å². The summed E-state index contributed by atoms with van der Waals surface area (Å²) in [5.41, 5.74) is 12.2. The molecule has 7 heteroatoms. The van der Waals surface area contributed by atoms with Crippen molar-refractivity contribution in [3.8, 4) is 0 Å². The summed E-state index contributed by atoms with van der Waals surface area (Å²) >= 11 is 0. The molecule has 6 nitrogen and oxygen atoms in total. The van der Waals surface area contributed by atoms with Crippen molar-refractivity contribution < 1.29 is 8.42 Å². The predicted molar refractivity (Wildman–Crippen MR) is 78.5 cm³/mol. The second-order valence-corrected chi connectivity index (χ2v) is 7.34. The maximum atomic E-state index is 12.4. The zero-order chi connectivity index (χ0) is 15.0. The SMILES string of the molecule is CC(C)S(=O)(=O)c1ccccc1C1(N)N=C(N)C=CN1. The van der Waals surface area contributed by atoms with Gasteiger partial charge in [0.1, 0.15) is 5.84 Å². The van der Waals surface area contributed by atoms with Gasteiger partial charge in [0.25, 0.3) is 0 Å². The van der Waals surface area contributed by atoms with Gasteiger partial charge in [-0.3, -0.25) is 5.73 Å². The standard InChI is InChI=1S/C13H18N4O2S/c1-9(2)20(18,19)11-6-4-3-5-10(11)13(15)16-8-7-12(14)17-13/h3-9,16H,15H2,1-2H3,(H2,14,17). The van der Waals surface area contributed by atoms with Crippen LogP contribution >= 0.6 is 0 Å². The third kappa shape index (κ3) is 2.41. The topological polar surface area (TPSA) is 111 Å². The van der Waals surface area contributed by atoms with E-state index in [-0.39, 0.29) is 10.7 Å². The van der Waals surface area contributed by atoms with Gasteiger partial charge in [0.05, 0.1) is 10.1 Å². The molecule has 1 aromatic rings. The zero-order valence-electron chi connectivity index (χ0n) is 11.4. The third-order valence-electron chi connectivity index (χ3n) is 3.09. The van der Waals surface area contributed by atoms with Gasteiger partial charge in [-0.25, -0.2) is 13.4 Å². The van der Waals surface area contributed by atoms with Crippen LogP contribution in [0.2, 0.25) is 0 Å². The number of rotatable bonds is 3. The van der Waals surface area contributed by atoms with E-state index in [0.29, 0.717) is 5.56 Å². The summed E-state index contributed by atoms with van der Waals surface area (Å²) in [5.74, 6) is -1.14. The number of aliphatic imine (C=N–C) groups is 1. The van der Waals surface area contributed by atoms with Crippen LogP contribution in [-0.4, -0.2) is 19.5 Å². The molecule has 0 bridgehead atoms. The Balaban J connectivity index is 2.63. The number of benzene rings is 1. The van der Waals surface area contributed by atoms with Gasteiger partial charge in [0.2, 0.25) is 5.79 Å². The molecule has 2 rings (SSSR count). The Morgan fingerprint density at radius 3 is 2.55 bits per heavy atom. The van der Waals surface area contributed by atoms with E-state index in [1.165, 1.54) is 6.07 Å². The summed E-state index contributed by atoms with van der Waals surface area (Å²) in [4.78, 5) is 4.29. The first-order valence-corrected chi connectivity index (χ1v) is 7.74. The molecular formula is C13H18N4O2S. The number of nitrogens with one attached hydrogen (secondary N) is 1. The highest BCUT2D eigenvalue weighted by Gasteiger charge is 2.34. The van der Waals surface area contributed by atoms with Crippen molar-refractivity contribution in [2.45, 2.75) is 29.8 Å². The number of nitrogens with two attached hydrogens (primary N) is 2. The van der Waals surface area contributed by atoms with Crippen LogP contribution < -0.4 is 16.8 Å². The van der Waals surface area contributed by atoms with Crippen molar-refractivity contribution in [2.24, 2.45) is 16.5 Å². The van der Waals surface area contributed by atoms with Crippen molar-refractivity contribution in [3.63, 3.8) is 0 Å². The van der Waals surface area contributed by atoms with Gasteiger partial charge in [-0.2, -0.15) is 0 Å². The first-order valence-electron chi connectivity index (χ1n) is 6.19. The minimum absolute atomic E-state index is 0.164. The first kappa shape index (κ1) is 14.5. The van der Waals surface area contributed by atoms with Crippen molar-refractivity contribution in [1.29, 1.82) is 0 Å². The van der Waals surface area contributed by atoms with E-state index in [4.69, 9.17) is 11.5 Å². The van der Waals surface area contributed by atoms with Gasteiger partial charge in [0, 0.05) is 11.8 Å². The van der Waals surface area contributed by atoms with Gasteiger partial charge >= 0.3 is 0 Å². The second-order valence-electron chi connectivity index (χ2n) is 4.87. The quantitative estimate of drug-likeness (QED) is 0.748. The summed E-state index contributed by atoms with van der Waals surface area (Å²) in [7, 11) is -3.47. The highest BCUT2D eigenvalue weighted by molar-refractivity contribution is 7.92. The lowest BCUT2D eigenvalue weighted by Gasteiger charge is -2.30. The molecular weight excluding hydrogens is 276 g/mol. The van der Waals surface area contributed by atoms with Crippen molar-refractivity contribution in [3.05, 3.63) is 42.1 Å². The van der Waals surface area contributed by atoms with Gasteiger partial charge in [-0.05, 0) is 26.0 Å². The molecule has 108 valence electrons. The normalized spacial score (nSPS) is 22.5. The molecule has 1 heterocycles. The molecule has 1 aromatic carbocycles. The molecule has 0 fully saturated rings. The van der Waals surface area contributed by atoms with E-state index in [1.54, 1.807) is 44.3 Å². The Kier molecular flexibility index (Phi) is 3.58. The molecule has 0 spiro atoms. The van der Waals surface area contributed by atoms with Crippen LogP contribution in [0.4, 0.5) is 0 Å². The molecule has 1 aliphatic rings. The monoisotopic (exact) mass is 294 g/mol. The minimum Gasteiger partial charge on any atom is -0.384 e. The largest absolute Gasteiger partial charge is 0.384 e. The molecule has 1 unspecified atom stereocenters. The zero-order valence-corrected chi connectivity index (χ0v) is 12.2. The Hall–Kier alpha value is -1.86. The fourth-order valence-corrected chi connectivity index (χ4v) is 3.26. The van der Waals surface area contributed by atoms with E-state index in [0.717, 1.165) is 0 Å². The molecule has 0 saturated carbocycles. The van der Waals surface area contributed by atoms with Crippen molar-refractivity contribution in [1.82, 2.24) is 5.32 Å². The van der Waals surface area contributed by atoms with Crippen LogP contribution in [0.5, 0.6) is 0 Å². The average Bonchev–Trinajstić information content (AvgIpc) is 2.38. The van der Waals surface area contributed by atoms with E-state index < -0.39 is 20.9 Å². The van der Waals surface area contributed by atoms with E-state index in [2.05, 4.69) is 10.3 Å². The third-order valence-corrected chi connectivity index (χ3v) is 5.30. The molecule has 0 radical (unpaired) electrons. The Labute approximate surface area is 118 Å². The number of amidine groups is 1. The summed E-state index contributed by atoms with van der Waals surface area (Å²) in [5, 5.41) is 2.31. The maximum absolute atomic E-state index is 12.4. The lowest BCUT2D eigenvalue weighted by molar-refractivity contribution is 0.401.